The lowest BCUT2D eigenvalue weighted by molar-refractivity contribution is -0.158. The highest BCUT2D eigenvalue weighted by Crippen LogP contribution is 2.40. The van der Waals surface area contributed by atoms with Gasteiger partial charge in [-0.25, -0.2) is 26.9 Å². The predicted octanol–water partition coefficient (Wildman–Crippen LogP) is 5.38. The first-order chi connectivity index (χ1) is 14.8. The van der Waals surface area contributed by atoms with E-state index in [0.29, 0.717) is 5.69 Å². The number of carbonyl (C=O) groups is 1. The molecule has 32 heavy (non-hydrogen) atoms. The van der Waals surface area contributed by atoms with Crippen molar-refractivity contribution in [2.45, 2.75) is 82.8 Å². The number of nitrogens with zero attached hydrogens (tertiary/aromatic N) is 2. The highest BCUT2D eigenvalue weighted by molar-refractivity contribution is 5.79. The summed E-state index contributed by atoms with van der Waals surface area (Å²) in [4.78, 5) is 16.7. The molecular formula is C22H28F5N3O2. The third-order valence-electron chi connectivity index (χ3n) is 5.71. The number of esters is 1. The monoisotopic (exact) mass is 461 g/mol. The SMILES string of the molecule is CC(C)(C)OC(=O)C(CC(F)F)c1ccn2cc([C@@H](N)C3CCC(F)(F)CC3)nc2c1F. The van der Waals surface area contributed by atoms with Gasteiger partial charge in [-0.3, -0.25) is 4.79 Å². The predicted molar refractivity (Wildman–Crippen MR) is 108 cm³/mol. The van der Waals surface area contributed by atoms with Crippen molar-refractivity contribution < 1.29 is 31.5 Å². The first-order valence-electron chi connectivity index (χ1n) is 10.6. The molecule has 2 heterocycles. The Balaban J connectivity index is 1.91. The number of ether oxygens (including phenoxy) is 1. The number of carbonyl (C=O) groups excluding carboxylic acids is 1. The molecule has 2 atom stereocenters. The summed E-state index contributed by atoms with van der Waals surface area (Å²) in [6, 6.07) is 0.578. The van der Waals surface area contributed by atoms with Crippen molar-refractivity contribution in [3.8, 4) is 0 Å². The van der Waals surface area contributed by atoms with Gasteiger partial charge in [0.1, 0.15) is 5.60 Å². The summed E-state index contributed by atoms with van der Waals surface area (Å²) in [7, 11) is 0. The lowest BCUT2D eigenvalue weighted by Gasteiger charge is -2.31. The second-order valence-electron chi connectivity index (χ2n) is 9.41. The normalized spacial score (nSPS) is 19.3. The van der Waals surface area contributed by atoms with E-state index in [-0.39, 0.29) is 42.8 Å². The zero-order chi connectivity index (χ0) is 23.8. The molecule has 2 N–H and O–H groups in total. The third kappa shape index (κ3) is 5.57. The largest absolute Gasteiger partial charge is 0.459 e. The Labute approximate surface area is 183 Å². The summed E-state index contributed by atoms with van der Waals surface area (Å²) in [5.41, 5.74) is 5.22. The van der Waals surface area contributed by atoms with E-state index in [2.05, 4.69) is 4.98 Å². The number of hydrogen-bond acceptors (Lipinski definition) is 4. The molecule has 1 saturated carbocycles. The number of rotatable bonds is 6. The summed E-state index contributed by atoms with van der Waals surface area (Å²) in [6.45, 7) is 4.77. The van der Waals surface area contributed by atoms with Gasteiger partial charge in [0.15, 0.2) is 11.5 Å². The second kappa shape index (κ2) is 8.96. The van der Waals surface area contributed by atoms with Crippen molar-refractivity contribution in [1.29, 1.82) is 0 Å². The highest BCUT2D eigenvalue weighted by Gasteiger charge is 2.38. The molecule has 2 aromatic rings. The molecule has 1 unspecified atom stereocenters. The van der Waals surface area contributed by atoms with Crippen LogP contribution in [-0.2, 0) is 9.53 Å². The zero-order valence-corrected chi connectivity index (χ0v) is 18.3. The molecular weight excluding hydrogens is 433 g/mol. The van der Waals surface area contributed by atoms with Crippen LogP contribution in [0.1, 0.15) is 76.1 Å². The number of pyridine rings is 1. The molecule has 0 amide bonds. The van der Waals surface area contributed by atoms with Crippen LogP contribution in [-0.4, -0.2) is 33.3 Å². The molecule has 1 aliphatic carbocycles. The molecule has 0 aliphatic heterocycles. The maximum atomic E-state index is 15.3. The Morgan fingerprint density at radius 2 is 1.94 bits per heavy atom. The number of aromatic nitrogens is 2. The summed E-state index contributed by atoms with van der Waals surface area (Å²) in [5.74, 6) is -6.30. The molecule has 0 radical (unpaired) electrons. The van der Waals surface area contributed by atoms with Crippen molar-refractivity contribution in [2.24, 2.45) is 11.7 Å². The Hall–Kier alpha value is -2.23. The molecule has 2 aromatic heterocycles. The van der Waals surface area contributed by atoms with Crippen LogP contribution in [0.3, 0.4) is 0 Å². The minimum atomic E-state index is -2.85. The zero-order valence-electron chi connectivity index (χ0n) is 18.3. The van der Waals surface area contributed by atoms with Crippen LogP contribution < -0.4 is 5.73 Å². The van der Waals surface area contributed by atoms with E-state index < -0.39 is 48.1 Å². The van der Waals surface area contributed by atoms with Crippen molar-refractivity contribution in [3.63, 3.8) is 0 Å². The van der Waals surface area contributed by atoms with Crippen molar-refractivity contribution >= 4 is 11.6 Å². The van der Waals surface area contributed by atoms with Gasteiger partial charge in [0, 0.05) is 37.2 Å². The number of fused-ring (bicyclic) bond motifs is 1. The van der Waals surface area contributed by atoms with E-state index in [1.807, 2.05) is 0 Å². The molecule has 0 saturated heterocycles. The number of halogens is 5. The van der Waals surface area contributed by atoms with Crippen LogP contribution in [0.2, 0.25) is 0 Å². The molecule has 10 heteroatoms. The highest BCUT2D eigenvalue weighted by atomic mass is 19.3. The summed E-state index contributed by atoms with van der Waals surface area (Å²) < 4.78 is 75.1. The Bertz CT molecular complexity index is 960. The van der Waals surface area contributed by atoms with E-state index >= 15 is 4.39 Å². The second-order valence-corrected chi connectivity index (χ2v) is 9.41. The summed E-state index contributed by atoms with van der Waals surface area (Å²) >= 11 is 0. The van der Waals surface area contributed by atoms with Crippen LogP contribution in [0, 0.1) is 11.7 Å². The van der Waals surface area contributed by atoms with E-state index in [0.717, 1.165) is 0 Å². The van der Waals surface area contributed by atoms with E-state index in [4.69, 9.17) is 10.5 Å². The molecule has 0 spiro atoms. The fourth-order valence-electron chi connectivity index (χ4n) is 4.05. The Kier molecular flexibility index (Phi) is 6.83. The van der Waals surface area contributed by atoms with Gasteiger partial charge in [0.2, 0.25) is 12.3 Å². The number of alkyl halides is 4. The van der Waals surface area contributed by atoms with Crippen molar-refractivity contribution in [2.75, 3.05) is 0 Å². The first kappa shape index (κ1) is 24.4. The number of imidazole rings is 1. The van der Waals surface area contributed by atoms with Gasteiger partial charge in [-0.15, -0.1) is 0 Å². The fourth-order valence-corrected chi connectivity index (χ4v) is 4.05. The maximum absolute atomic E-state index is 15.3. The average Bonchev–Trinajstić information content (AvgIpc) is 3.10. The van der Waals surface area contributed by atoms with Crippen LogP contribution in [0.15, 0.2) is 18.5 Å². The third-order valence-corrected chi connectivity index (χ3v) is 5.71. The smallest absolute Gasteiger partial charge is 0.314 e. The van der Waals surface area contributed by atoms with Crippen LogP contribution >= 0.6 is 0 Å². The lowest BCUT2D eigenvalue weighted by atomic mass is 9.81. The first-order valence-corrected chi connectivity index (χ1v) is 10.6. The topological polar surface area (TPSA) is 69.6 Å². The minimum absolute atomic E-state index is 0.170. The maximum Gasteiger partial charge on any atom is 0.314 e. The van der Waals surface area contributed by atoms with Gasteiger partial charge >= 0.3 is 5.97 Å². The molecule has 0 aromatic carbocycles. The standard InChI is InChI=1S/C22H28F5N3O2/c1-21(2,3)32-20(31)14(10-16(23)24)13-6-9-30-11-15(29-19(30)17(13)25)18(28)12-4-7-22(26,27)8-5-12/h6,9,11-12,14,16,18H,4-5,7-8,10,28H2,1-3H3/t14?,18-/m0/s1. The van der Waals surface area contributed by atoms with Gasteiger partial charge in [-0.1, -0.05) is 0 Å². The van der Waals surface area contributed by atoms with E-state index in [9.17, 15) is 22.4 Å². The Morgan fingerprint density at radius 1 is 1.31 bits per heavy atom. The van der Waals surface area contributed by atoms with Crippen LogP contribution in [0.5, 0.6) is 0 Å². The van der Waals surface area contributed by atoms with Crippen LogP contribution in [0.4, 0.5) is 22.0 Å². The van der Waals surface area contributed by atoms with Gasteiger partial charge in [0.05, 0.1) is 17.7 Å². The van der Waals surface area contributed by atoms with Gasteiger partial charge < -0.3 is 14.9 Å². The number of nitrogens with two attached hydrogens (primary N) is 1. The van der Waals surface area contributed by atoms with Gasteiger partial charge in [-0.2, -0.15) is 0 Å². The van der Waals surface area contributed by atoms with Gasteiger partial charge in [0.25, 0.3) is 0 Å². The molecule has 178 valence electrons. The van der Waals surface area contributed by atoms with Gasteiger partial charge in [-0.05, 0) is 45.6 Å². The van der Waals surface area contributed by atoms with Crippen LogP contribution in [0.25, 0.3) is 5.65 Å². The fraction of sp³-hybridized carbons (Fsp3) is 0.636. The molecule has 3 rings (SSSR count). The molecule has 0 bridgehead atoms. The summed E-state index contributed by atoms with van der Waals surface area (Å²) in [5, 5.41) is 0. The quantitative estimate of drug-likeness (QED) is 0.463. The number of hydrogen-bond donors (Lipinski definition) is 1. The van der Waals surface area contributed by atoms with E-state index in [1.165, 1.54) is 22.9 Å². The summed E-state index contributed by atoms with van der Waals surface area (Å²) in [6.07, 6.45) is -0.910. The minimum Gasteiger partial charge on any atom is -0.459 e. The van der Waals surface area contributed by atoms with Crippen molar-refractivity contribution in [3.05, 3.63) is 35.5 Å². The Morgan fingerprint density at radius 3 is 2.50 bits per heavy atom. The van der Waals surface area contributed by atoms with Crippen molar-refractivity contribution in [1.82, 2.24) is 9.38 Å². The lowest BCUT2D eigenvalue weighted by Crippen LogP contribution is -2.31. The molecule has 5 nitrogen and oxygen atoms in total. The molecule has 1 fully saturated rings. The molecule has 1 aliphatic rings. The average molecular weight is 461 g/mol. The van der Waals surface area contributed by atoms with E-state index in [1.54, 1.807) is 20.8 Å².